The van der Waals surface area contributed by atoms with Gasteiger partial charge >= 0.3 is 0 Å². The largest absolute Gasteiger partial charge is 0.376 e. The number of likely N-dealkylation sites (N-methyl/N-ethyl adjacent to an activating group) is 1. The van der Waals surface area contributed by atoms with Gasteiger partial charge in [-0.15, -0.1) is 0 Å². The molecule has 2 aliphatic heterocycles. The summed E-state index contributed by atoms with van der Waals surface area (Å²) in [5, 5.41) is 10.2. The molecule has 1 amide bonds. The fraction of sp³-hybridized carbons (Fsp3) is 0.933. The first-order valence-corrected chi connectivity index (χ1v) is 8.17. The Bertz CT molecular complexity index is 369. The van der Waals surface area contributed by atoms with Gasteiger partial charge in [-0.2, -0.15) is 0 Å². The molecule has 3 N–H and O–H groups in total. The highest BCUT2D eigenvalue weighted by Gasteiger charge is 2.32. The van der Waals surface area contributed by atoms with Gasteiger partial charge in [0.15, 0.2) is 0 Å². The van der Waals surface area contributed by atoms with Gasteiger partial charge in [-0.05, 0) is 20.9 Å². The van der Waals surface area contributed by atoms with E-state index >= 15 is 0 Å². The van der Waals surface area contributed by atoms with E-state index in [4.69, 9.17) is 5.73 Å². The molecule has 2 aliphatic rings. The van der Waals surface area contributed by atoms with Crippen molar-refractivity contribution < 1.29 is 9.90 Å². The summed E-state index contributed by atoms with van der Waals surface area (Å²) in [4.78, 5) is 20.7. The Morgan fingerprint density at radius 1 is 1.09 bits per heavy atom. The molecule has 0 radical (unpaired) electrons. The summed E-state index contributed by atoms with van der Waals surface area (Å²) in [6, 6.07) is 0. The smallest absolute Gasteiger partial charge is 0.236 e. The summed E-state index contributed by atoms with van der Waals surface area (Å²) in [5.74, 6) is 0.223. The number of piperazine rings is 2. The van der Waals surface area contributed by atoms with Gasteiger partial charge in [-0.1, -0.05) is 0 Å². The van der Waals surface area contributed by atoms with Crippen LogP contribution in [0.5, 0.6) is 0 Å². The average Bonchev–Trinajstić information content (AvgIpc) is 2.47. The standard InChI is InChI=1S/C15H31N5O2/c1-15(2,16)14(22)20-10-6-18(7-11-20)12-13(21)19-8-4-17(3)5-9-19/h14,22H,4-12,16H2,1-3H3. The van der Waals surface area contributed by atoms with Crippen LogP contribution in [0.25, 0.3) is 0 Å². The molecular formula is C15H31N5O2. The van der Waals surface area contributed by atoms with Gasteiger partial charge in [0.1, 0.15) is 6.23 Å². The second-order valence-electron chi connectivity index (χ2n) is 7.19. The molecule has 7 heteroatoms. The third-order valence-electron chi connectivity index (χ3n) is 4.63. The number of aliphatic hydroxyl groups is 1. The molecule has 2 saturated heterocycles. The number of nitrogens with two attached hydrogens (primary N) is 1. The highest BCUT2D eigenvalue weighted by molar-refractivity contribution is 5.78. The first-order chi connectivity index (χ1) is 10.3. The van der Waals surface area contributed by atoms with Gasteiger partial charge in [0, 0.05) is 57.9 Å². The summed E-state index contributed by atoms with van der Waals surface area (Å²) in [6.07, 6.45) is -0.636. The summed E-state index contributed by atoms with van der Waals surface area (Å²) < 4.78 is 0. The lowest BCUT2D eigenvalue weighted by molar-refractivity contribution is -0.135. The highest BCUT2D eigenvalue weighted by atomic mass is 16.3. The molecule has 0 aromatic heterocycles. The molecule has 2 rings (SSSR count). The first kappa shape index (κ1) is 17.6. The van der Waals surface area contributed by atoms with E-state index in [1.165, 1.54) is 0 Å². The molecule has 0 aromatic rings. The molecular weight excluding hydrogens is 282 g/mol. The third-order valence-corrected chi connectivity index (χ3v) is 4.63. The third kappa shape index (κ3) is 4.63. The molecule has 1 unspecified atom stereocenters. The van der Waals surface area contributed by atoms with Crippen LogP contribution in [-0.2, 0) is 4.79 Å². The van der Waals surface area contributed by atoms with Crippen molar-refractivity contribution in [1.82, 2.24) is 19.6 Å². The second-order valence-corrected chi connectivity index (χ2v) is 7.19. The number of rotatable bonds is 4. The van der Waals surface area contributed by atoms with E-state index in [0.717, 1.165) is 52.4 Å². The van der Waals surface area contributed by atoms with E-state index in [0.29, 0.717) is 6.54 Å². The number of nitrogens with zero attached hydrogens (tertiary/aromatic N) is 4. The van der Waals surface area contributed by atoms with Crippen molar-refractivity contribution in [3.63, 3.8) is 0 Å². The zero-order chi connectivity index (χ0) is 16.3. The Labute approximate surface area is 133 Å². The maximum Gasteiger partial charge on any atom is 0.236 e. The van der Waals surface area contributed by atoms with E-state index in [1.807, 2.05) is 23.6 Å². The lowest BCUT2D eigenvalue weighted by atomic mass is 10.0. The van der Waals surface area contributed by atoms with Gasteiger partial charge in [0.2, 0.25) is 5.91 Å². The fourth-order valence-corrected chi connectivity index (χ4v) is 2.98. The van der Waals surface area contributed by atoms with Crippen LogP contribution < -0.4 is 5.73 Å². The number of aliphatic hydroxyl groups excluding tert-OH is 1. The minimum Gasteiger partial charge on any atom is -0.376 e. The van der Waals surface area contributed by atoms with Crippen LogP contribution in [0.1, 0.15) is 13.8 Å². The monoisotopic (exact) mass is 313 g/mol. The molecule has 0 aromatic carbocycles. The lowest BCUT2D eigenvalue weighted by Crippen LogP contribution is -2.60. The number of carbonyl (C=O) groups is 1. The van der Waals surface area contributed by atoms with Crippen LogP contribution in [0, 0.1) is 0 Å². The number of amides is 1. The summed E-state index contributed by atoms with van der Waals surface area (Å²) in [5.41, 5.74) is 5.34. The predicted molar refractivity (Wildman–Crippen MR) is 86.4 cm³/mol. The Morgan fingerprint density at radius 2 is 1.64 bits per heavy atom. The van der Waals surface area contributed by atoms with Crippen molar-refractivity contribution in [2.75, 3.05) is 66.0 Å². The van der Waals surface area contributed by atoms with Crippen LogP contribution in [0.4, 0.5) is 0 Å². The van der Waals surface area contributed by atoms with E-state index in [9.17, 15) is 9.90 Å². The van der Waals surface area contributed by atoms with Gasteiger partial charge in [-0.3, -0.25) is 14.6 Å². The molecule has 1 atom stereocenters. The predicted octanol–water partition coefficient (Wildman–Crippen LogP) is -1.57. The maximum absolute atomic E-state index is 12.3. The Kier molecular flexibility index (Phi) is 5.79. The van der Waals surface area contributed by atoms with Crippen molar-refractivity contribution in [3.8, 4) is 0 Å². The number of carbonyl (C=O) groups excluding carboxylic acids is 1. The molecule has 0 saturated carbocycles. The van der Waals surface area contributed by atoms with Crippen molar-refractivity contribution in [2.24, 2.45) is 5.73 Å². The quantitative estimate of drug-likeness (QED) is 0.653. The van der Waals surface area contributed by atoms with Crippen molar-refractivity contribution in [2.45, 2.75) is 25.6 Å². The van der Waals surface area contributed by atoms with E-state index in [2.05, 4.69) is 16.8 Å². The van der Waals surface area contributed by atoms with Crippen LogP contribution in [0.15, 0.2) is 0 Å². The van der Waals surface area contributed by atoms with E-state index in [-0.39, 0.29) is 5.91 Å². The zero-order valence-corrected chi connectivity index (χ0v) is 14.2. The molecule has 128 valence electrons. The van der Waals surface area contributed by atoms with E-state index < -0.39 is 11.8 Å². The van der Waals surface area contributed by atoms with Gasteiger partial charge in [0.05, 0.1) is 6.54 Å². The Balaban J connectivity index is 1.74. The molecule has 22 heavy (non-hydrogen) atoms. The van der Waals surface area contributed by atoms with Crippen LogP contribution in [-0.4, -0.2) is 108 Å². The van der Waals surface area contributed by atoms with Crippen LogP contribution >= 0.6 is 0 Å². The topological polar surface area (TPSA) is 76.3 Å². The SMILES string of the molecule is CN1CCN(C(=O)CN2CCN(C(O)C(C)(C)N)CC2)CC1. The fourth-order valence-electron chi connectivity index (χ4n) is 2.98. The normalized spacial score (nSPS) is 24.5. The number of hydrogen-bond donors (Lipinski definition) is 2. The van der Waals surface area contributed by atoms with Crippen molar-refractivity contribution in [1.29, 1.82) is 0 Å². The Morgan fingerprint density at radius 3 is 2.14 bits per heavy atom. The van der Waals surface area contributed by atoms with Gasteiger partial charge in [-0.25, -0.2) is 0 Å². The summed E-state index contributed by atoms with van der Waals surface area (Å²) in [7, 11) is 2.09. The average molecular weight is 313 g/mol. The molecule has 2 fully saturated rings. The van der Waals surface area contributed by atoms with E-state index in [1.54, 1.807) is 0 Å². The van der Waals surface area contributed by atoms with Crippen LogP contribution in [0.3, 0.4) is 0 Å². The molecule has 7 nitrogen and oxygen atoms in total. The van der Waals surface area contributed by atoms with Crippen molar-refractivity contribution in [3.05, 3.63) is 0 Å². The van der Waals surface area contributed by atoms with Gasteiger partial charge < -0.3 is 20.6 Å². The molecule has 2 heterocycles. The number of hydrogen-bond acceptors (Lipinski definition) is 6. The summed E-state index contributed by atoms with van der Waals surface area (Å²) in [6.45, 7) is 10.8. The van der Waals surface area contributed by atoms with Crippen LogP contribution in [0.2, 0.25) is 0 Å². The van der Waals surface area contributed by atoms with Crippen molar-refractivity contribution >= 4 is 5.91 Å². The maximum atomic E-state index is 12.3. The minimum atomic E-state index is -0.636. The lowest BCUT2D eigenvalue weighted by Gasteiger charge is -2.42. The molecule has 0 bridgehead atoms. The summed E-state index contributed by atoms with van der Waals surface area (Å²) >= 11 is 0. The van der Waals surface area contributed by atoms with Gasteiger partial charge in [0.25, 0.3) is 0 Å². The highest BCUT2D eigenvalue weighted by Crippen LogP contribution is 2.13. The zero-order valence-electron chi connectivity index (χ0n) is 14.2. The first-order valence-electron chi connectivity index (χ1n) is 8.17. The second kappa shape index (κ2) is 7.23. The Hall–Kier alpha value is -0.730. The minimum absolute atomic E-state index is 0.223. The molecule has 0 spiro atoms. The molecule has 0 aliphatic carbocycles.